The first kappa shape index (κ1) is 11.3. The van der Waals surface area contributed by atoms with Crippen molar-refractivity contribution in [2.75, 3.05) is 0 Å². The largest absolute Gasteiger partial charge is 0.450 e. The van der Waals surface area contributed by atoms with Gasteiger partial charge in [0.1, 0.15) is 0 Å². The van der Waals surface area contributed by atoms with Gasteiger partial charge >= 0.3 is 0 Å². The lowest BCUT2D eigenvalue weighted by molar-refractivity contribution is -0.117. The molecule has 0 spiro atoms. The number of rotatable bonds is 3. The van der Waals surface area contributed by atoms with E-state index in [4.69, 9.17) is 15.2 Å². The number of amides is 1. The fourth-order valence-corrected chi connectivity index (χ4v) is 2.79. The zero-order chi connectivity index (χ0) is 13.7. The summed E-state index contributed by atoms with van der Waals surface area (Å²) in [6.45, 7) is 0. The summed E-state index contributed by atoms with van der Waals surface area (Å²) in [5.74, 6) is 1.40. The molecule has 1 unspecified atom stereocenters. The van der Waals surface area contributed by atoms with Crippen molar-refractivity contribution >= 4 is 5.91 Å². The number of primary amides is 1. The van der Waals surface area contributed by atoms with Crippen molar-refractivity contribution in [1.29, 1.82) is 0 Å². The summed E-state index contributed by atoms with van der Waals surface area (Å²) in [6, 6.07) is 11.9. The summed E-state index contributed by atoms with van der Waals surface area (Å²) >= 11 is 0. The molecule has 0 aromatic heterocycles. The van der Waals surface area contributed by atoms with E-state index in [0.717, 1.165) is 34.6 Å². The lowest BCUT2D eigenvalue weighted by Gasteiger charge is -2.13. The smallest absolute Gasteiger partial charge is 0.245 e. The first-order valence-corrected chi connectivity index (χ1v) is 6.57. The average Bonchev–Trinajstić information content (AvgIpc) is 3.00. The Balaban J connectivity index is 1.72. The maximum Gasteiger partial charge on any atom is 0.245 e. The van der Waals surface area contributed by atoms with Gasteiger partial charge in [0.2, 0.25) is 12.2 Å². The molecule has 2 N–H and O–H groups in total. The highest BCUT2D eigenvalue weighted by molar-refractivity contribution is 5.79. The normalized spacial score (nSPS) is 17.7. The van der Waals surface area contributed by atoms with Crippen molar-refractivity contribution < 1.29 is 14.3 Å². The molecule has 4 heteroatoms. The topological polar surface area (TPSA) is 61.6 Å². The first-order valence-electron chi connectivity index (χ1n) is 6.57. The van der Waals surface area contributed by atoms with E-state index in [2.05, 4.69) is 12.1 Å². The van der Waals surface area contributed by atoms with Crippen LogP contribution in [0.25, 0.3) is 11.1 Å². The van der Waals surface area contributed by atoms with Gasteiger partial charge in [0, 0.05) is 11.1 Å². The number of benzene rings is 2. The molecular formula is C16H13NO3. The van der Waals surface area contributed by atoms with Crippen LogP contribution >= 0.6 is 0 Å². The Hall–Kier alpha value is -2.49. The maximum absolute atomic E-state index is 10.9. The molecule has 2 aliphatic heterocycles. The summed E-state index contributed by atoms with van der Waals surface area (Å²) in [5, 5.41) is 0. The van der Waals surface area contributed by atoms with Crippen LogP contribution in [0.2, 0.25) is 0 Å². The van der Waals surface area contributed by atoms with Crippen LogP contribution in [0.1, 0.15) is 11.1 Å². The number of carbonyl (C=O) groups excluding carboxylic acids is 1. The van der Waals surface area contributed by atoms with E-state index in [1.54, 1.807) is 0 Å². The van der Waals surface area contributed by atoms with E-state index in [0.29, 0.717) is 0 Å². The zero-order valence-corrected chi connectivity index (χ0v) is 10.8. The lowest BCUT2D eigenvalue weighted by Crippen LogP contribution is -2.17. The highest BCUT2D eigenvalue weighted by Crippen LogP contribution is 2.50. The molecule has 4 rings (SSSR count). The summed E-state index contributed by atoms with van der Waals surface area (Å²) in [4.78, 5) is 10.9. The second kappa shape index (κ2) is 4.00. The first-order chi connectivity index (χ1) is 9.70. The van der Waals surface area contributed by atoms with Gasteiger partial charge in [-0.15, -0.1) is 0 Å². The fourth-order valence-electron chi connectivity index (χ4n) is 2.79. The Morgan fingerprint density at radius 1 is 1.10 bits per heavy atom. The van der Waals surface area contributed by atoms with Gasteiger partial charge in [-0.25, -0.2) is 0 Å². The van der Waals surface area contributed by atoms with Gasteiger partial charge in [0.05, 0.1) is 12.8 Å². The Morgan fingerprint density at radius 3 is 2.55 bits per heavy atom. The molecule has 0 aliphatic carbocycles. The van der Waals surface area contributed by atoms with Gasteiger partial charge in [-0.2, -0.15) is 0 Å². The Kier molecular flexibility index (Phi) is 2.27. The van der Waals surface area contributed by atoms with Crippen LogP contribution in [-0.2, 0) is 17.6 Å². The van der Waals surface area contributed by atoms with Crippen LogP contribution < -0.4 is 15.2 Å². The van der Waals surface area contributed by atoms with Gasteiger partial charge in [-0.05, 0) is 11.1 Å². The lowest BCUT2D eigenvalue weighted by atomic mass is 9.98. The van der Waals surface area contributed by atoms with Gasteiger partial charge in [-0.1, -0.05) is 36.4 Å². The second-order valence-corrected chi connectivity index (χ2v) is 5.14. The van der Waals surface area contributed by atoms with Crippen LogP contribution in [0.5, 0.6) is 11.5 Å². The van der Waals surface area contributed by atoms with Crippen molar-refractivity contribution in [3.63, 3.8) is 0 Å². The molecule has 2 aromatic rings. The fraction of sp³-hybridized carbons (Fsp3) is 0.188. The van der Waals surface area contributed by atoms with E-state index in [9.17, 15) is 4.79 Å². The number of hydrogen-bond acceptors (Lipinski definition) is 3. The SMILES string of the molecule is NC(=O)Cc1ccc(-c2ccc3c4c2OC(C3)O4)cc1. The van der Waals surface area contributed by atoms with E-state index in [1.807, 2.05) is 24.3 Å². The standard InChI is InChI=1S/C16H13NO3/c17-13(18)7-9-1-3-10(4-2-9)12-6-5-11-8-14-19-15(11)16(12)20-14/h1-6,14H,7-8H2,(H2,17,18). The van der Waals surface area contributed by atoms with Crippen molar-refractivity contribution in [2.45, 2.75) is 19.1 Å². The van der Waals surface area contributed by atoms with E-state index in [-0.39, 0.29) is 18.6 Å². The van der Waals surface area contributed by atoms with Crippen molar-refractivity contribution in [3.05, 3.63) is 47.5 Å². The third kappa shape index (κ3) is 1.65. The van der Waals surface area contributed by atoms with Gasteiger partial charge in [0.25, 0.3) is 0 Å². The van der Waals surface area contributed by atoms with Gasteiger partial charge in [0.15, 0.2) is 11.5 Å². The molecule has 4 nitrogen and oxygen atoms in total. The molecule has 0 saturated carbocycles. The highest BCUT2D eigenvalue weighted by Gasteiger charge is 2.36. The van der Waals surface area contributed by atoms with Crippen LogP contribution in [-0.4, -0.2) is 12.2 Å². The molecule has 0 saturated heterocycles. The molecule has 0 fully saturated rings. The summed E-state index contributed by atoms with van der Waals surface area (Å²) in [6.07, 6.45) is 0.947. The third-order valence-corrected chi connectivity index (χ3v) is 3.72. The zero-order valence-electron chi connectivity index (χ0n) is 10.8. The molecule has 2 aromatic carbocycles. The Morgan fingerprint density at radius 2 is 1.85 bits per heavy atom. The molecule has 2 bridgehead atoms. The molecule has 100 valence electrons. The van der Waals surface area contributed by atoms with E-state index < -0.39 is 0 Å². The number of nitrogens with two attached hydrogens (primary N) is 1. The monoisotopic (exact) mass is 267 g/mol. The molecule has 2 aliphatic rings. The molecule has 0 radical (unpaired) electrons. The minimum atomic E-state index is -0.322. The second-order valence-electron chi connectivity index (χ2n) is 5.14. The minimum absolute atomic E-state index is 0.149. The average molecular weight is 267 g/mol. The van der Waals surface area contributed by atoms with Crippen LogP contribution in [0.15, 0.2) is 36.4 Å². The third-order valence-electron chi connectivity index (χ3n) is 3.72. The molecule has 2 heterocycles. The van der Waals surface area contributed by atoms with Gasteiger partial charge < -0.3 is 15.2 Å². The molecule has 1 amide bonds. The maximum atomic E-state index is 10.9. The van der Waals surface area contributed by atoms with Crippen molar-refractivity contribution in [3.8, 4) is 22.6 Å². The minimum Gasteiger partial charge on any atom is -0.450 e. The van der Waals surface area contributed by atoms with Crippen molar-refractivity contribution in [1.82, 2.24) is 0 Å². The summed E-state index contributed by atoms with van der Waals surface area (Å²) in [7, 11) is 0. The van der Waals surface area contributed by atoms with Gasteiger partial charge in [-0.3, -0.25) is 4.79 Å². The quantitative estimate of drug-likeness (QED) is 0.925. The number of carbonyl (C=O) groups is 1. The highest BCUT2D eigenvalue weighted by atomic mass is 16.7. The Labute approximate surface area is 116 Å². The van der Waals surface area contributed by atoms with Crippen LogP contribution in [0.3, 0.4) is 0 Å². The van der Waals surface area contributed by atoms with E-state index >= 15 is 0 Å². The van der Waals surface area contributed by atoms with Crippen LogP contribution in [0.4, 0.5) is 0 Å². The van der Waals surface area contributed by atoms with E-state index in [1.165, 1.54) is 5.56 Å². The number of hydrogen-bond donors (Lipinski definition) is 1. The Bertz CT molecular complexity index is 706. The summed E-state index contributed by atoms with van der Waals surface area (Å²) in [5.41, 5.74) is 9.39. The number of ether oxygens (including phenoxy) is 2. The molecular weight excluding hydrogens is 254 g/mol. The molecule has 1 atom stereocenters. The van der Waals surface area contributed by atoms with Crippen molar-refractivity contribution in [2.24, 2.45) is 5.73 Å². The summed E-state index contributed by atoms with van der Waals surface area (Å²) < 4.78 is 11.4. The predicted octanol–water partition coefficient (Wildman–Crippen LogP) is 2.03. The van der Waals surface area contributed by atoms with Crippen LogP contribution in [0, 0.1) is 0 Å². The molecule has 20 heavy (non-hydrogen) atoms. The predicted molar refractivity (Wildman–Crippen MR) is 73.5 cm³/mol. The number of fused-ring (bicyclic) bond motifs is 1.